The second-order valence-corrected chi connectivity index (χ2v) is 38.2. The molecule has 10 aromatic rings. The molecule has 10 aliphatic heterocycles. The van der Waals surface area contributed by atoms with Crippen molar-refractivity contribution < 1.29 is 15.3 Å². The molecule has 0 amide bonds. The van der Waals surface area contributed by atoms with Crippen LogP contribution in [0.1, 0.15) is 211 Å². The minimum absolute atomic E-state index is 0.243. The van der Waals surface area contributed by atoms with Gasteiger partial charge >= 0.3 is 0 Å². The third kappa shape index (κ3) is 19.6. The number of aliphatic hydroxyl groups is 3. The molecule has 5 saturated heterocycles. The van der Waals surface area contributed by atoms with E-state index in [1.807, 2.05) is 84.3 Å². The van der Waals surface area contributed by atoms with Gasteiger partial charge in [0.1, 0.15) is 57.6 Å². The number of aromatic nitrogens is 15. The third-order valence-corrected chi connectivity index (χ3v) is 29.5. The van der Waals surface area contributed by atoms with Crippen molar-refractivity contribution in [3.63, 3.8) is 0 Å². The van der Waals surface area contributed by atoms with Gasteiger partial charge in [0.25, 0.3) is 0 Å². The number of aliphatic imine (C=N–C) groups is 5. The van der Waals surface area contributed by atoms with E-state index >= 15 is 0 Å². The van der Waals surface area contributed by atoms with Crippen LogP contribution in [0.5, 0.6) is 0 Å². The SMILES string of the molecule is CCC1(O)CCN(c2cnc3c(n2)CN=C3c2ccnc(C)c2Cl)CC1.Cc1cc(C2=NCc3nc(N4CCC(C)(CN)CC4)cnc32)c(Cl)cn1.Cc1cc(C2=NCc3nc(N4CCC(O)(CN)CC4)cnc32)c(Cl)cn1.Cc1cc(C2=NCc3nc(N4CCC5(CCC5N)CC4)cnc32)c(Cl)cn1.Cc1nccc(C2=NCc3nc(N4CCC(O)(CN)CC4)cnc32)c1Cl. The molecule has 0 aromatic carbocycles. The van der Waals surface area contributed by atoms with E-state index in [-0.39, 0.29) is 5.41 Å². The lowest BCUT2D eigenvalue weighted by atomic mass is 9.60. The molecule has 10 aromatic heterocycles. The van der Waals surface area contributed by atoms with Crippen LogP contribution in [-0.4, -0.2) is 227 Å². The van der Waals surface area contributed by atoms with Gasteiger partial charge in [-0.3, -0.25) is 49.9 Å². The number of hydrogen-bond acceptors (Lipinski definition) is 32. The van der Waals surface area contributed by atoms with Crippen molar-refractivity contribution in [3.05, 3.63) is 231 Å². The second-order valence-electron chi connectivity index (χ2n) is 36.3. The van der Waals surface area contributed by atoms with Gasteiger partial charge in [-0.15, -0.1) is 0 Å². The van der Waals surface area contributed by atoms with Crippen LogP contribution in [0.25, 0.3) is 0 Å². The van der Waals surface area contributed by atoms with Gasteiger partial charge in [0.15, 0.2) is 0 Å². The number of nitrogens with zero attached hydrogens (tertiary/aromatic N) is 25. The Morgan fingerprint density at radius 3 is 0.885 bits per heavy atom. The summed E-state index contributed by atoms with van der Waals surface area (Å²) >= 11 is 31.8. The van der Waals surface area contributed by atoms with E-state index in [0.29, 0.717) is 134 Å². The lowest BCUT2D eigenvalue weighted by molar-refractivity contribution is 0.0124. The maximum absolute atomic E-state index is 10.4. The molecule has 37 heteroatoms. The molecular weight excluding hydrogens is 1760 g/mol. The molecule has 0 bridgehead atoms. The quantitative estimate of drug-likeness (QED) is 0.0531. The number of halogens is 5. The van der Waals surface area contributed by atoms with Crippen LogP contribution in [0.2, 0.25) is 25.1 Å². The smallest absolute Gasteiger partial charge is 0.147 e. The number of fused-ring (bicyclic) bond motifs is 5. The summed E-state index contributed by atoms with van der Waals surface area (Å²) in [5, 5.41) is 33.9. The van der Waals surface area contributed by atoms with Gasteiger partial charge in [-0.2, -0.15) is 0 Å². The maximum atomic E-state index is 10.4. The minimum Gasteiger partial charge on any atom is -0.390 e. The molecule has 131 heavy (non-hydrogen) atoms. The van der Waals surface area contributed by atoms with Crippen molar-refractivity contribution in [2.24, 2.45) is 58.7 Å². The predicted molar refractivity (Wildman–Crippen MR) is 514 cm³/mol. The summed E-state index contributed by atoms with van der Waals surface area (Å²) in [5.74, 6) is 4.36. The van der Waals surface area contributed by atoms with Crippen molar-refractivity contribution in [1.29, 1.82) is 0 Å². The molecule has 1 spiro atoms. The van der Waals surface area contributed by atoms with Gasteiger partial charge in [0.2, 0.25) is 0 Å². The van der Waals surface area contributed by atoms with E-state index in [0.717, 1.165) is 262 Å². The normalized spacial score (nSPS) is 19.5. The highest BCUT2D eigenvalue weighted by Gasteiger charge is 2.47. The van der Waals surface area contributed by atoms with Crippen LogP contribution < -0.4 is 47.4 Å². The Labute approximate surface area is 787 Å². The molecule has 6 fully saturated rings. The molecule has 11 N–H and O–H groups in total. The number of anilines is 5. The van der Waals surface area contributed by atoms with Crippen LogP contribution in [0.15, 0.2) is 117 Å². The highest BCUT2D eigenvalue weighted by Crippen LogP contribution is 2.49. The zero-order chi connectivity index (χ0) is 91.8. The molecule has 11 aliphatic rings. The average molecular weight is 1870 g/mol. The molecule has 684 valence electrons. The Morgan fingerprint density at radius 1 is 0.351 bits per heavy atom. The van der Waals surface area contributed by atoms with Crippen molar-refractivity contribution in [1.82, 2.24) is 74.8 Å². The monoisotopic (exact) mass is 1870 g/mol. The predicted octanol–water partition coefficient (Wildman–Crippen LogP) is 11.5. The molecule has 1 aliphatic carbocycles. The fraction of sp³-hybridized carbons (Fsp3) is 0.468. The van der Waals surface area contributed by atoms with Crippen LogP contribution in [-0.2, 0) is 32.7 Å². The number of pyridine rings is 5. The van der Waals surface area contributed by atoms with Crippen molar-refractivity contribution in [2.45, 2.75) is 188 Å². The number of nitrogens with two attached hydrogens (primary N) is 4. The maximum Gasteiger partial charge on any atom is 0.147 e. The first-order valence-corrected chi connectivity index (χ1v) is 46.9. The number of aryl methyl sites for hydroxylation is 5. The Kier molecular flexibility index (Phi) is 27.3. The van der Waals surface area contributed by atoms with E-state index < -0.39 is 16.8 Å². The first-order chi connectivity index (χ1) is 63.0. The standard InChI is InChI=1S/C20H23ClN6.C19H23ClN6.C19H22ClN5O.2C18H21ClN6O/c1-12-8-13(14(21)9-23-12)18-19-15(10-24-18)26-17(11-25-19)27-6-4-20(5-7-27)3-2-16(20)22;1-12-7-13(14(20)8-22-12)17-18-15(9-23-17)25-16(10-24-18)26-5-3-19(2,11-21)4-6-26;1-3-19(26)5-8-25(9-6-19)15-11-23-18-14(24-15)10-22-17(18)13-4-7-21-12(2)16(13)20;1-11-15(19)12(2-5-21-11)16-17-13(8-22-16)24-14(9-23-17)25-6-3-18(26,10-20)4-7-25;1-11-6-12(13(19)7-21-11)16-17-14(8-22-16)24-15(9-23-17)25-4-2-18(26,10-20)3-5-25/h8-9,11,16H,2-7,10,22H2,1H3;7-8,10H,3-6,9,11,21H2,1-2H3;4,7,11,26H,3,5-6,8-10H2,1-2H3;2,5,9,26H,3-4,6-8,10,20H2,1H3;6-7,9,26H,2-5,8,10,20H2,1H3. The summed E-state index contributed by atoms with van der Waals surface area (Å²) in [5.41, 5.74) is 43.0. The summed E-state index contributed by atoms with van der Waals surface area (Å²) in [4.78, 5) is 103. The zero-order valence-corrected chi connectivity index (χ0v) is 78.7. The highest BCUT2D eigenvalue weighted by molar-refractivity contribution is 6.38. The van der Waals surface area contributed by atoms with E-state index in [1.54, 1.807) is 49.6 Å². The first kappa shape index (κ1) is 92.5. The second kappa shape index (κ2) is 38.7. The van der Waals surface area contributed by atoms with Gasteiger partial charge in [-0.1, -0.05) is 71.9 Å². The van der Waals surface area contributed by atoms with Gasteiger partial charge in [-0.05, 0) is 166 Å². The molecule has 1 saturated carbocycles. The molecule has 21 rings (SSSR count). The zero-order valence-electron chi connectivity index (χ0n) is 74.9. The van der Waals surface area contributed by atoms with Crippen molar-refractivity contribution >= 4 is 116 Å². The highest BCUT2D eigenvalue weighted by atomic mass is 35.5. The first-order valence-electron chi connectivity index (χ1n) is 45.0. The molecular formula is C94H110Cl5N29O3. The molecule has 20 heterocycles. The lowest BCUT2D eigenvalue weighted by Gasteiger charge is -2.52. The number of rotatable bonds is 14. The Balaban J connectivity index is 0.000000115. The third-order valence-electron chi connectivity index (χ3n) is 27.7. The molecule has 0 radical (unpaired) electrons. The Bertz CT molecular complexity index is 5650. The summed E-state index contributed by atoms with van der Waals surface area (Å²) in [7, 11) is 0. The van der Waals surface area contributed by atoms with Crippen LogP contribution in [0.4, 0.5) is 29.1 Å². The van der Waals surface area contributed by atoms with Gasteiger partial charge in [-0.25, -0.2) is 49.8 Å². The lowest BCUT2D eigenvalue weighted by Crippen LogP contribution is -2.56. The largest absolute Gasteiger partial charge is 0.390 e. The minimum atomic E-state index is -0.757. The van der Waals surface area contributed by atoms with Crippen LogP contribution >= 0.6 is 58.0 Å². The average Bonchev–Trinajstić information content (AvgIpc) is 1.66. The molecule has 1 unspecified atom stereocenters. The summed E-state index contributed by atoms with van der Waals surface area (Å²) in [6.07, 6.45) is 29.3. The number of piperidine rings is 5. The van der Waals surface area contributed by atoms with E-state index in [1.165, 1.54) is 12.8 Å². The molecule has 32 nitrogen and oxygen atoms in total. The van der Waals surface area contributed by atoms with Crippen LogP contribution in [0, 0.1) is 45.4 Å². The Hall–Kier alpha value is -10.3. The van der Waals surface area contributed by atoms with E-state index in [9.17, 15) is 15.3 Å². The van der Waals surface area contributed by atoms with Gasteiger partial charge < -0.3 is 62.8 Å². The fourth-order valence-electron chi connectivity index (χ4n) is 18.4. The summed E-state index contributed by atoms with van der Waals surface area (Å²) < 4.78 is 0. The van der Waals surface area contributed by atoms with Crippen LogP contribution in [0.3, 0.4) is 0 Å². The van der Waals surface area contributed by atoms with Gasteiger partial charge in [0, 0.05) is 160 Å². The van der Waals surface area contributed by atoms with Gasteiger partial charge in [0.05, 0.1) is 174 Å². The summed E-state index contributed by atoms with van der Waals surface area (Å²) in [6.45, 7) is 26.1. The molecule has 1 atom stereocenters. The Morgan fingerprint density at radius 2 is 0.626 bits per heavy atom. The van der Waals surface area contributed by atoms with Crippen molar-refractivity contribution in [2.75, 3.05) is 110 Å². The number of hydrogen-bond donors (Lipinski definition) is 7. The summed E-state index contributed by atoms with van der Waals surface area (Å²) in [6, 6.07) is 9.94. The fourth-order valence-corrected chi connectivity index (χ4v) is 19.4. The van der Waals surface area contributed by atoms with Crippen molar-refractivity contribution in [3.8, 4) is 0 Å². The van der Waals surface area contributed by atoms with E-state index in [4.69, 9.17) is 111 Å². The van der Waals surface area contributed by atoms with E-state index in [2.05, 4.69) is 101 Å². The topological polar surface area (TPSA) is 436 Å².